The molecule has 1 aliphatic rings. The number of anilines is 1. The summed E-state index contributed by atoms with van der Waals surface area (Å²) in [6, 6.07) is 15.1. The van der Waals surface area contributed by atoms with Crippen molar-refractivity contribution in [3.8, 4) is 5.75 Å². The van der Waals surface area contributed by atoms with Gasteiger partial charge in [-0.15, -0.1) is 0 Å². The van der Waals surface area contributed by atoms with Gasteiger partial charge in [0.25, 0.3) is 5.91 Å². The summed E-state index contributed by atoms with van der Waals surface area (Å²) in [5.74, 6) is 0.268. The molecule has 3 rings (SSSR count). The Hall–Kier alpha value is -3.34. The second-order valence-electron chi connectivity index (χ2n) is 7.17. The molecule has 5 heteroatoms. The summed E-state index contributed by atoms with van der Waals surface area (Å²) in [7, 11) is 2.90. The molecule has 0 bridgehead atoms. The highest BCUT2D eigenvalue weighted by Gasteiger charge is 2.37. The first-order chi connectivity index (χ1) is 13.9. The van der Waals surface area contributed by atoms with Crippen LogP contribution in [-0.4, -0.2) is 26.1 Å². The SMILES string of the molecule is COC(=O)C1=C(C)N(c2ccc(C(C)C)cc2)C(=O)/C1=C\c1cccc(OC)c1. The number of esters is 1. The van der Waals surface area contributed by atoms with Crippen molar-refractivity contribution in [3.05, 3.63) is 76.5 Å². The molecule has 1 amide bonds. The van der Waals surface area contributed by atoms with Crippen molar-refractivity contribution in [2.24, 2.45) is 0 Å². The predicted octanol–water partition coefficient (Wildman–Crippen LogP) is 4.70. The van der Waals surface area contributed by atoms with Crippen molar-refractivity contribution in [1.29, 1.82) is 0 Å². The van der Waals surface area contributed by atoms with Gasteiger partial charge in [-0.3, -0.25) is 9.69 Å². The number of allylic oxidation sites excluding steroid dienone is 1. The Morgan fingerprint density at radius 2 is 1.76 bits per heavy atom. The second kappa shape index (κ2) is 8.35. The van der Waals surface area contributed by atoms with Crippen LogP contribution in [-0.2, 0) is 14.3 Å². The van der Waals surface area contributed by atoms with Gasteiger partial charge in [-0.1, -0.05) is 38.1 Å². The highest BCUT2D eigenvalue weighted by atomic mass is 16.5. The molecule has 0 radical (unpaired) electrons. The lowest BCUT2D eigenvalue weighted by Crippen LogP contribution is -2.24. The molecule has 1 aliphatic heterocycles. The fraction of sp³-hybridized carbons (Fsp3) is 0.250. The maximum absolute atomic E-state index is 13.3. The Balaban J connectivity index is 2.09. The Labute approximate surface area is 171 Å². The zero-order chi connectivity index (χ0) is 21.1. The number of ether oxygens (including phenoxy) is 2. The van der Waals surface area contributed by atoms with Crippen molar-refractivity contribution in [1.82, 2.24) is 0 Å². The average Bonchev–Trinajstić information content (AvgIpc) is 2.97. The van der Waals surface area contributed by atoms with Crippen LogP contribution in [0.1, 0.15) is 37.8 Å². The van der Waals surface area contributed by atoms with E-state index in [9.17, 15) is 9.59 Å². The van der Waals surface area contributed by atoms with Crippen LogP contribution in [0.4, 0.5) is 5.69 Å². The average molecular weight is 391 g/mol. The lowest BCUT2D eigenvalue weighted by atomic mass is 10.0. The second-order valence-corrected chi connectivity index (χ2v) is 7.17. The van der Waals surface area contributed by atoms with E-state index in [2.05, 4.69) is 13.8 Å². The standard InChI is InChI=1S/C24H25NO4/c1-15(2)18-9-11-19(12-10-18)25-16(3)22(24(27)29-5)21(23(25)26)14-17-7-6-8-20(13-17)28-4/h6-15H,1-5H3/b21-14-. The summed E-state index contributed by atoms with van der Waals surface area (Å²) in [5.41, 5.74) is 3.78. The van der Waals surface area contributed by atoms with Crippen molar-refractivity contribution in [2.75, 3.05) is 19.1 Å². The maximum atomic E-state index is 13.3. The van der Waals surface area contributed by atoms with Crippen LogP contribution >= 0.6 is 0 Å². The maximum Gasteiger partial charge on any atom is 0.340 e. The largest absolute Gasteiger partial charge is 0.497 e. The van der Waals surface area contributed by atoms with Crippen molar-refractivity contribution in [3.63, 3.8) is 0 Å². The molecular formula is C24H25NO4. The van der Waals surface area contributed by atoms with Crippen LogP contribution in [0.3, 0.4) is 0 Å². The van der Waals surface area contributed by atoms with E-state index >= 15 is 0 Å². The third-order valence-electron chi connectivity index (χ3n) is 5.01. The van der Waals surface area contributed by atoms with E-state index < -0.39 is 5.97 Å². The molecule has 29 heavy (non-hydrogen) atoms. The van der Waals surface area contributed by atoms with Crippen LogP contribution in [0.15, 0.2) is 65.4 Å². The van der Waals surface area contributed by atoms with E-state index in [4.69, 9.17) is 9.47 Å². The molecule has 150 valence electrons. The van der Waals surface area contributed by atoms with Gasteiger partial charge in [0.05, 0.1) is 25.4 Å². The minimum absolute atomic E-state index is 0.261. The molecule has 0 N–H and O–H groups in total. The topological polar surface area (TPSA) is 55.8 Å². The zero-order valence-corrected chi connectivity index (χ0v) is 17.4. The van der Waals surface area contributed by atoms with Crippen molar-refractivity contribution < 1.29 is 19.1 Å². The normalized spacial score (nSPS) is 15.4. The van der Waals surface area contributed by atoms with E-state index in [-0.39, 0.29) is 11.5 Å². The number of methoxy groups -OCH3 is 2. The van der Waals surface area contributed by atoms with E-state index in [1.54, 1.807) is 25.0 Å². The molecule has 5 nitrogen and oxygen atoms in total. The highest BCUT2D eigenvalue weighted by molar-refractivity contribution is 6.23. The molecule has 0 spiro atoms. The molecule has 0 saturated carbocycles. The van der Waals surface area contributed by atoms with Gasteiger partial charge in [0.2, 0.25) is 0 Å². The Morgan fingerprint density at radius 1 is 1.07 bits per heavy atom. The van der Waals surface area contributed by atoms with Crippen LogP contribution in [0.5, 0.6) is 5.75 Å². The van der Waals surface area contributed by atoms with Gasteiger partial charge >= 0.3 is 5.97 Å². The summed E-state index contributed by atoms with van der Waals surface area (Å²) in [5, 5.41) is 0. The lowest BCUT2D eigenvalue weighted by Gasteiger charge is -2.19. The molecule has 0 unspecified atom stereocenters. The number of benzene rings is 2. The summed E-state index contributed by atoms with van der Waals surface area (Å²) in [4.78, 5) is 27.3. The zero-order valence-electron chi connectivity index (χ0n) is 17.4. The van der Waals surface area contributed by atoms with E-state index in [0.717, 1.165) is 5.56 Å². The minimum Gasteiger partial charge on any atom is -0.497 e. The van der Waals surface area contributed by atoms with Crippen molar-refractivity contribution >= 4 is 23.6 Å². The quantitative estimate of drug-likeness (QED) is 0.548. The van der Waals surface area contributed by atoms with E-state index in [0.29, 0.717) is 28.6 Å². The first kappa shape index (κ1) is 20.4. The fourth-order valence-electron chi connectivity index (χ4n) is 3.40. The van der Waals surface area contributed by atoms with Gasteiger partial charge in [-0.05, 0) is 54.3 Å². The molecule has 2 aromatic carbocycles. The third kappa shape index (κ3) is 3.94. The van der Waals surface area contributed by atoms with Crippen LogP contribution in [0, 0.1) is 0 Å². The van der Waals surface area contributed by atoms with Crippen LogP contribution < -0.4 is 9.64 Å². The summed E-state index contributed by atoms with van der Waals surface area (Å²) < 4.78 is 10.2. The summed E-state index contributed by atoms with van der Waals surface area (Å²) >= 11 is 0. The molecule has 0 fully saturated rings. The van der Waals surface area contributed by atoms with Gasteiger partial charge in [-0.2, -0.15) is 0 Å². The van der Waals surface area contributed by atoms with Crippen LogP contribution in [0.25, 0.3) is 6.08 Å². The molecular weight excluding hydrogens is 366 g/mol. The molecule has 0 atom stereocenters. The number of carbonyl (C=O) groups is 2. The summed E-state index contributed by atoms with van der Waals surface area (Å²) in [6.45, 7) is 5.99. The molecule has 0 saturated heterocycles. The predicted molar refractivity (Wildman–Crippen MR) is 114 cm³/mol. The molecule has 0 aromatic heterocycles. The number of rotatable bonds is 5. The van der Waals surface area contributed by atoms with Gasteiger partial charge in [0, 0.05) is 11.4 Å². The van der Waals surface area contributed by atoms with E-state index in [1.807, 2.05) is 48.5 Å². The Morgan fingerprint density at radius 3 is 2.34 bits per heavy atom. The van der Waals surface area contributed by atoms with Crippen LogP contribution in [0.2, 0.25) is 0 Å². The lowest BCUT2D eigenvalue weighted by molar-refractivity contribution is -0.136. The third-order valence-corrected chi connectivity index (χ3v) is 5.01. The number of hydrogen-bond donors (Lipinski definition) is 0. The minimum atomic E-state index is -0.536. The first-order valence-electron chi connectivity index (χ1n) is 9.47. The van der Waals surface area contributed by atoms with Gasteiger partial charge in [0.1, 0.15) is 5.75 Å². The number of amides is 1. The van der Waals surface area contributed by atoms with Gasteiger partial charge in [0.15, 0.2) is 0 Å². The molecule has 1 heterocycles. The Bertz CT molecular complexity index is 1000. The highest BCUT2D eigenvalue weighted by Crippen LogP contribution is 2.36. The summed E-state index contributed by atoms with van der Waals surface area (Å²) in [6.07, 6.45) is 1.70. The molecule has 0 aliphatic carbocycles. The van der Waals surface area contributed by atoms with E-state index in [1.165, 1.54) is 12.7 Å². The molecule has 2 aromatic rings. The monoisotopic (exact) mass is 391 g/mol. The number of hydrogen-bond acceptors (Lipinski definition) is 4. The fourth-order valence-corrected chi connectivity index (χ4v) is 3.40. The van der Waals surface area contributed by atoms with Crippen molar-refractivity contribution in [2.45, 2.75) is 26.7 Å². The number of carbonyl (C=O) groups excluding carboxylic acids is 2. The first-order valence-corrected chi connectivity index (χ1v) is 9.47. The smallest absolute Gasteiger partial charge is 0.340 e. The number of nitrogens with zero attached hydrogens (tertiary/aromatic N) is 1. The van der Waals surface area contributed by atoms with Gasteiger partial charge < -0.3 is 9.47 Å². The van der Waals surface area contributed by atoms with Gasteiger partial charge in [-0.25, -0.2) is 4.79 Å². The Kier molecular flexibility index (Phi) is 5.87.